The molecule has 0 aliphatic heterocycles. The zero-order valence-electron chi connectivity index (χ0n) is 14.9. The molecule has 1 aliphatic rings. The van der Waals surface area contributed by atoms with E-state index in [0.29, 0.717) is 12.3 Å². The van der Waals surface area contributed by atoms with Crippen molar-refractivity contribution in [2.75, 3.05) is 20.0 Å². The Morgan fingerprint density at radius 1 is 1.04 bits per heavy atom. The van der Waals surface area contributed by atoms with Crippen LogP contribution in [-0.4, -0.2) is 29.2 Å². The highest BCUT2D eigenvalue weighted by Crippen LogP contribution is 2.39. The molecule has 0 spiro atoms. The second-order valence-electron chi connectivity index (χ2n) is 6.20. The fourth-order valence-electron chi connectivity index (χ4n) is 3.06. The van der Waals surface area contributed by atoms with E-state index in [2.05, 4.69) is 15.0 Å². The third-order valence-electron chi connectivity index (χ3n) is 4.38. The molecule has 0 amide bonds. The van der Waals surface area contributed by atoms with E-state index in [1.165, 1.54) is 7.11 Å². The largest absolute Gasteiger partial charge is 0.494 e. The second kappa shape index (κ2) is 7.51. The molecular formula is C19H21FN4O2. The molecule has 0 saturated carbocycles. The number of hydrogen-bond acceptors (Lipinski definition) is 6. The first-order valence-corrected chi connectivity index (χ1v) is 8.24. The van der Waals surface area contributed by atoms with Crippen LogP contribution in [0.25, 0.3) is 0 Å². The van der Waals surface area contributed by atoms with E-state index in [9.17, 15) is 4.39 Å². The van der Waals surface area contributed by atoms with Crippen LogP contribution in [0.2, 0.25) is 0 Å². The zero-order valence-corrected chi connectivity index (χ0v) is 14.9. The fraction of sp³-hybridized carbons (Fsp3) is 0.316. The maximum absolute atomic E-state index is 14.0. The average molecular weight is 356 g/mol. The van der Waals surface area contributed by atoms with Gasteiger partial charge in [-0.2, -0.15) is 0 Å². The Hall–Kier alpha value is -2.96. The summed E-state index contributed by atoms with van der Waals surface area (Å²) in [4.78, 5) is 12.4. The number of ether oxygens (including phenoxy) is 2. The Kier molecular flexibility index (Phi) is 5.16. The van der Waals surface area contributed by atoms with Gasteiger partial charge in [-0.05, 0) is 35.3 Å². The van der Waals surface area contributed by atoms with Crippen molar-refractivity contribution in [3.05, 3.63) is 65.1 Å². The molecule has 2 aromatic heterocycles. The number of allylic oxidation sites excluding steroid dienone is 3. The number of nitrogens with zero attached hydrogens (tertiary/aromatic N) is 3. The highest BCUT2D eigenvalue weighted by Gasteiger charge is 2.27. The standard InChI is InChI=1S/C19H21FN4O2/c1-11-4-16(20)17(25-2)7-14(11)15-6-12(8-22-18(15)26-3)5-13-9-23-19(21)24-10-13/h4,6-11,14H,5H2,1-3H3,(H2,21,23,24). The minimum atomic E-state index is -0.349. The van der Waals surface area contributed by atoms with Gasteiger partial charge in [0.25, 0.3) is 0 Å². The summed E-state index contributed by atoms with van der Waals surface area (Å²) in [5, 5.41) is 0. The summed E-state index contributed by atoms with van der Waals surface area (Å²) < 4.78 is 24.5. The molecule has 0 fully saturated rings. The van der Waals surface area contributed by atoms with Crippen molar-refractivity contribution in [3.63, 3.8) is 0 Å². The molecule has 7 heteroatoms. The molecule has 0 radical (unpaired) electrons. The van der Waals surface area contributed by atoms with E-state index < -0.39 is 0 Å². The number of aromatic nitrogens is 3. The number of pyridine rings is 1. The van der Waals surface area contributed by atoms with Gasteiger partial charge >= 0.3 is 0 Å². The summed E-state index contributed by atoms with van der Waals surface area (Å²) in [6.45, 7) is 1.95. The molecule has 136 valence electrons. The topological polar surface area (TPSA) is 83.2 Å². The van der Waals surface area contributed by atoms with E-state index in [-0.39, 0.29) is 29.4 Å². The first kappa shape index (κ1) is 17.8. The lowest BCUT2D eigenvalue weighted by atomic mass is 9.83. The van der Waals surface area contributed by atoms with Crippen LogP contribution in [0.5, 0.6) is 5.88 Å². The van der Waals surface area contributed by atoms with E-state index in [4.69, 9.17) is 15.2 Å². The molecular weight excluding hydrogens is 335 g/mol. The van der Waals surface area contributed by atoms with Crippen molar-refractivity contribution >= 4 is 5.95 Å². The Labute approximate surface area is 151 Å². The van der Waals surface area contributed by atoms with Gasteiger partial charge in [-0.15, -0.1) is 0 Å². The summed E-state index contributed by atoms with van der Waals surface area (Å²) in [6, 6.07) is 2.02. The van der Waals surface area contributed by atoms with Crippen molar-refractivity contribution in [1.82, 2.24) is 15.0 Å². The van der Waals surface area contributed by atoms with Crippen LogP contribution in [-0.2, 0) is 11.2 Å². The molecule has 2 aromatic rings. The summed E-state index contributed by atoms with van der Waals surface area (Å²) in [6.07, 6.45) is 9.08. The van der Waals surface area contributed by atoms with Gasteiger partial charge in [-0.1, -0.05) is 6.92 Å². The second-order valence-corrected chi connectivity index (χ2v) is 6.20. The summed E-state index contributed by atoms with van der Waals surface area (Å²) in [7, 11) is 3.03. The Morgan fingerprint density at radius 2 is 1.73 bits per heavy atom. The minimum absolute atomic E-state index is 0.0558. The van der Waals surface area contributed by atoms with Crippen LogP contribution in [0.1, 0.15) is 29.5 Å². The monoisotopic (exact) mass is 356 g/mol. The van der Waals surface area contributed by atoms with Gasteiger partial charge in [0, 0.05) is 36.5 Å². The minimum Gasteiger partial charge on any atom is -0.494 e. The average Bonchev–Trinajstić information content (AvgIpc) is 2.64. The number of hydrogen-bond donors (Lipinski definition) is 1. The fourth-order valence-corrected chi connectivity index (χ4v) is 3.06. The first-order chi connectivity index (χ1) is 12.5. The summed E-state index contributed by atoms with van der Waals surface area (Å²) in [5.41, 5.74) is 8.31. The lowest BCUT2D eigenvalue weighted by molar-refractivity contribution is 0.273. The number of anilines is 1. The number of rotatable bonds is 5. The molecule has 2 heterocycles. The van der Waals surface area contributed by atoms with Crippen molar-refractivity contribution in [3.8, 4) is 5.88 Å². The molecule has 3 rings (SSSR count). The highest BCUT2D eigenvalue weighted by atomic mass is 19.1. The van der Waals surface area contributed by atoms with Crippen LogP contribution in [0.3, 0.4) is 0 Å². The van der Waals surface area contributed by atoms with Crippen molar-refractivity contribution in [2.45, 2.75) is 19.3 Å². The van der Waals surface area contributed by atoms with Crippen molar-refractivity contribution < 1.29 is 13.9 Å². The highest BCUT2D eigenvalue weighted by molar-refractivity contribution is 5.42. The van der Waals surface area contributed by atoms with Gasteiger partial charge in [0.2, 0.25) is 11.8 Å². The zero-order chi connectivity index (χ0) is 18.7. The molecule has 0 aromatic carbocycles. The molecule has 2 unspecified atom stereocenters. The van der Waals surface area contributed by atoms with Gasteiger partial charge < -0.3 is 15.2 Å². The van der Waals surface area contributed by atoms with Crippen molar-refractivity contribution in [1.29, 1.82) is 0 Å². The predicted octanol–water partition coefficient (Wildman–Crippen LogP) is 3.17. The van der Waals surface area contributed by atoms with Gasteiger partial charge in [0.15, 0.2) is 11.6 Å². The molecule has 2 N–H and O–H groups in total. The molecule has 6 nitrogen and oxygen atoms in total. The van der Waals surface area contributed by atoms with Crippen LogP contribution >= 0.6 is 0 Å². The molecule has 1 aliphatic carbocycles. The summed E-state index contributed by atoms with van der Waals surface area (Å²) in [5.74, 6) is 0.478. The molecule has 2 atom stereocenters. The number of methoxy groups -OCH3 is 2. The first-order valence-electron chi connectivity index (χ1n) is 8.24. The number of nitrogen functional groups attached to an aromatic ring is 1. The molecule has 26 heavy (non-hydrogen) atoms. The van der Waals surface area contributed by atoms with E-state index >= 15 is 0 Å². The van der Waals surface area contributed by atoms with Gasteiger partial charge in [-0.3, -0.25) is 0 Å². The Morgan fingerprint density at radius 3 is 2.38 bits per heavy atom. The number of halogens is 1. The lowest BCUT2D eigenvalue weighted by Gasteiger charge is -2.25. The maximum atomic E-state index is 14.0. The SMILES string of the molecule is COC1=CC(c2cc(Cc3cnc(N)nc3)cnc2OC)C(C)C=C1F. The van der Waals surface area contributed by atoms with Gasteiger partial charge in [0.05, 0.1) is 14.2 Å². The van der Waals surface area contributed by atoms with E-state index in [1.807, 2.05) is 13.0 Å². The van der Waals surface area contributed by atoms with Gasteiger partial charge in [0.1, 0.15) is 0 Å². The van der Waals surface area contributed by atoms with Gasteiger partial charge in [-0.25, -0.2) is 19.3 Å². The maximum Gasteiger partial charge on any atom is 0.219 e. The molecule has 0 bridgehead atoms. The summed E-state index contributed by atoms with van der Waals surface area (Å²) >= 11 is 0. The van der Waals surface area contributed by atoms with E-state index in [1.54, 1.807) is 37.9 Å². The smallest absolute Gasteiger partial charge is 0.219 e. The normalized spacial score (nSPS) is 19.5. The Balaban J connectivity index is 1.95. The van der Waals surface area contributed by atoms with Crippen LogP contribution in [0, 0.1) is 5.92 Å². The van der Waals surface area contributed by atoms with Crippen LogP contribution in [0.4, 0.5) is 10.3 Å². The quantitative estimate of drug-likeness (QED) is 0.886. The molecule has 0 saturated heterocycles. The number of nitrogens with two attached hydrogens (primary N) is 1. The Bertz CT molecular complexity index is 849. The predicted molar refractivity (Wildman–Crippen MR) is 96.2 cm³/mol. The third kappa shape index (κ3) is 3.66. The van der Waals surface area contributed by atoms with E-state index in [0.717, 1.165) is 16.7 Å². The van der Waals surface area contributed by atoms with Crippen LogP contribution < -0.4 is 10.5 Å². The van der Waals surface area contributed by atoms with Crippen molar-refractivity contribution in [2.24, 2.45) is 5.92 Å². The third-order valence-corrected chi connectivity index (χ3v) is 4.38. The van der Waals surface area contributed by atoms with Crippen LogP contribution in [0.15, 0.2) is 48.4 Å². The lowest BCUT2D eigenvalue weighted by Crippen LogP contribution is -2.14.